The van der Waals surface area contributed by atoms with Crippen LogP contribution in [0.2, 0.25) is 0 Å². The van der Waals surface area contributed by atoms with Crippen LogP contribution in [0, 0.1) is 6.92 Å². The van der Waals surface area contributed by atoms with Crippen molar-refractivity contribution >= 4 is 5.78 Å². The number of carbonyl (C=O) groups is 1. The van der Waals surface area contributed by atoms with Crippen molar-refractivity contribution in [3.63, 3.8) is 0 Å². The number of rotatable bonds is 4. The van der Waals surface area contributed by atoms with Gasteiger partial charge in [-0.25, -0.2) is 0 Å². The molecule has 1 nitrogen and oxygen atoms in total. The SMILES string of the molecule is Cc1ccccc1CC(=O)Cc1ccc(C(C)(C)C)cc1. The summed E-state index contributed by atoms with van der Waals surface area (Å²) in [5.41, 5.74) is 4.88. The molecule has 0 aliphatic carbocycles. The van der Waals surface area contributed by atoms with Gasteiger partial charge in [0.1, 0.15) is 5.78 Å². The second-order valence-electron chi connectivity index (χ2n) is 6.77. The van der Waals surface area contributed by atoms with Gasteiger partial charge in [0.05, 0.1) is 0 Å². The maximum Gasteiger partial charge on any atom is 0.141 e. The van der Waals surface area contributed by atoms with Crippen molar-refractivity contribution < 1.29 is 4.79 Å². The zero-order valence-corrected chi connectivity index (χ0v) is 13.4. The molecule has 0 bridgehead atoms. The van der Waals surface area contributed by atoms with Gasteiger partial charge in [0.25, 0.3) is 0 Å². The van der Waals surface area contributed by atoms with Gasteiger partial charge in [-0.1, -0.05) is 69.3 Å². The predicted molar refractivity (Wildman–Crippen MR) is 88.7 cm³/mol. The van der Waals surface area contributed by atoms with Gasteiger partial charge in [-0.05, 0) is 34.6 Å². The van der Waals surface area contributed by atoms with E-state index in [4.69, 9.17) is 0 Å². The lowest BCUT2D eigenvalue weighted by Gasteiger charge is -2.19. The van der Waals surface area contributed by atoms with E-state index in [1.54, 1.807) is 0 Å². The van der Waals surface area contributed by atoms with Crippen molar-refractivity contribution in [3.05, 3.63) is 70.8 Å². The van der Waals surface area contributed by atoms with Crippen LogP contribution in [-0.4, -0.2) is 5.78 Å². The minimum absolute atomic E-state index is 0.156. The fourth-order valence-corrected chi connectivity index (χ4v) is 2.43. The third-order valence-corrected chi connectivity index (χ3v) is 3.87. The van der Waals surface area contributed by atoms with Crippen molar-refractivity contribution in [1.29, 1.82) is 0 Å². The highest BCUT2D eigenvalue weighted by molar-refractivity contribution is 5.83. The predicted octanol–water partition coefficient (Wildman–Crippen LogP) is 4.65. The molecule has 0 heterocycles. The molecule has 0 radical (unpaired) electrons. The average molecular weight is 280 g/mol. The van der Waals surface area contributed by atoms with Crippen LogP contribution in [0.1, 0.15) is 43.0 Å². The zero-order valence-electron chi connectivity index (χ0n) is 13.4. The Hall–Kier alpha value is -1.89. The van der Waals surface area contributed by atoms with Gasteiger partial charge in [-0.15, -0.1) is 0 Å². The Labute approximate surface area is 128 Å². The first-order chi connectivity index (χ1) is 9.86. The Bertz CT molecular complexity index is 615. The minimum Gasteiger partial charge on any atom is -0.299 e. The normalized spacial score (nSPS) is 11.4. The smallest absolute Gasteiger partial charge is 0.141 e. The van der Waals surface area contributed by atoms with E-state index < -0.39 is 0 Å². The number of benzene rings is 2. The molecule has 0 aliphatic rings. The van der Waals surface area contributed by atoms with E-state index >= 15 is 0 Å². The molecule has 0 amide bonds. The Morgan fingerprint density at radius 1 is 0.905 bits per heavy atom. The Kier molecular flexibility index (Phi) is 4.62. The molecule has 2 aromatic rings. The highest BCUT2D eigenvalue weighted by Gasteiger charge is 2.13. The molecule has 1 heteroatoms. The molecule has 0 aromatic heterocycles. The number of ketones is 1. The zero-order chi connectivity index (χ0) is 15.5. The van der Waals surface area contributed by atoms with Gasteiger partial charge in [0.15, 0.2) is 0 Å². The lowest BCUT2D eigenvalue weighted by molar-refractivity contribution is -0.117. The molecule has 0 saturated heterocycles. The second kappa shape index (κ2) is 6.26. The van der Waals surface area contributed by atoms with E-state index in [-0.39, 0.29) is 11.2 Å². The fourth-order valence-electron chi connectivity index (χ4n) is 2.43. The molecule has 2 aromatic carbocycles. The highest BCUT2D eigenvalue weighted by atomic mass is 16.1. The molecule has 0 atom stereocenters. The average Bonchev–Trinajstić information content (AvgIpc) is 2.41. The van der Waals surface area contributed by atoms with E-state index in [1.807, 2.05) is 18.2 Å². The van der Waals surface area contributed by atoms with Crippen molar-refractivity contribution in [2.75, 3.05) is 0 Å². The molecule has 110 valence electrons. The molecular weight excluding hydrogens is 256 g/mol. The van der Waals surface area contributed by atoms with Gasteiger partial charge in [0, 0.05) is 12.8 Å². The largest absolute Gasteiger partial charge is 0.299 e. The first-order valence-electron chi connectivity index (χ1n) is 7.52. The summed E-state index contributed by atoms with van der Waals surface area (Å²) in [4.78, 5) is 12.2. The lowest BCUT2D eigenvalue weighted by atomic mass is 9.86. The topological polar surface area (TPSA) is 17.1 Å². The molecule has 0 aliphatic heterocycles. The number of aryl methyl sites for hydroxylation is 1. The van der Waals surface area contributed by atoms with Gasteiger partial charge in [-0.3, -0.25) is 4.79 Å². The van der Waals surface area contributed by atoms with E-state index in [0.717, 1.165) is 11.1 Å². The highest BCUT2D eigenvalue weighted by Crippen LogP contribution is 2.22. The summed E-state index contributed by atoms with van der Waals surface area (Å²) in [6.45, 7) is 8.66. The van der Waals surface area contributed by atoms with Crippen LogP contribution in [0.3, 0.4) is 0 Å². The van der Waals surface area contributed by atoms with Gasteiger partial charge in [-0.2, -0.15) is 0 Å². The van der Waals surface area contributed by atoms with Crippen LogP contribution < -0.4 is 0 Å². The monoisotopic (exact) mass is 280 g/mol. The van der Waals surface area contributed by atoms with Gasteiger partial charge >= 0.3 is 0 Å². The minimum atomic E-state index is 0.156. The summed E-state index contributed by atoms with van der Waals surface area (Å²) < 4.78 is 0. The fraction of sp³-hybridized carbons (Fsp3) is 0.350. The molecule has 0 saturated carbocycles. The molecular formula is C20H24O. The molecule has 0 N–H and O–H groups in total. The van der Waals surface area contributed by atoms with Crippen LogP contribution in [-0.2, 0) is 23.1 Å². The molecule has 21 heavy (non-hydrogen) atoms. The Morgan fingerprint density at radius 3 is 2.10 bits per heavy atom. The summed E-state index contributed by atoms with van der Waals surface area (Å²) in [5, 5.41) is 0. The van der Waals surface area contributed by atoms with E-state index in [0.29, 0.717) is 12.8 Å². The van der Waals surface area contributed by atoms with E-state index in [9.17, 15) is 4.79 Å². The summed E-state index contributed by atoms with van der Waals surface area (Å²) >= 11 is 0. The number of hydrogen-bond acceptors (Lipinski definition) is 1. The molecule has 0 spiro atoms. The molecule has 0 unspecified atom stereocenters. The van der Waals surface area contributed by atoms with Gasteiger partial charge in [0.2, 0.25) is 0 Å². The number of hydrogen-bond donors (Lipinski definition) is 0. The third kappa shape index (κ3) is 4.29. The molecule has 0 fully saturated rings. The Morgan fingerprint density at radius 2 is 1.52 bits per heavy atom. The quantitative estimate of drug-likeness (QED) is 0.797. The summed E-state index contributed by atoms with van der Waals surface area (Å²) in [5.74, 6) is 0.271. The third-order valence-electron chi connectivity index (χ3n) is 3.87. The number of Topliss-reactive ketones (excluding diaryl/α,β-unsaturated/α-hetero) is 1. The van der Waals surface area contributed by atoms with Gasteiger partial charge < -0.3 is 0 Å². The lowest BCUT2D eigenvalue weighted by Crippen LogP contribution is -2.11. The number of carbonyl (C=O) groups excluding carboxylic acids is 1. The van der Waals surface area contributed by atoms with Crippen LogP contribution >= 0.6 is 0 Å². The van der Waals surface area contributed by atoms with E-state index in [2.05, 4.69) is 58.0 Å². The summed E-state index contributed by atoms with van der Waals surface area (Å²) in [7, 11) is 0. The molecule has 2 rings (SSSR count). The summed E-state index contributed by atoms with van der Waals surface area (Å²) in [6, 6.07) is 16.5. The standard InChI is InChI=1S/C20H24O/c1-15-7-5-6-8-17(15)14-19(21)13-16-9-11-18(12-10-16)20(2,3)4/h5-12H,13-14H2,1-4H3. The maximum atomic E-state index is 12.2. The first kappa shape index (κ1) is 15.5. The van der Waals surface area contributed by atoms with Crippen molar-refractivity contribution in [3.8, 4) is 0 Å². The van der Waals surface area contributed by atoms with Crippen molar-refractivity contribution in [2.24, 2.45) is 0 Å². The first-order valence-corrected chi connectivity index (χ1v) is 7.52. The van der Waals surface area contributed by atoms with Crippen LogP contribution in [0.25, 0.3) is 0 Å². The maximum absolute atomic E-state index is 12.2. The second-order valence-corrected chi connectivity index (χ2v) is 6.77. The van der Waals surface area contributed by atoms with Crippen molar-refractivity contribution in [2.45, 2.75) is 46.0 Å². The Balaban J connectivity index is 2.02. The van der Waals surface area contributed by atoms with E-state index in [1.165, 1.54) is 11.1 Å². The van der Waals surface area contributed by atoms with Crippen LogP contribution in [0.15, 0.2) is 48.5 Å². The van der Waals surface area contributed by atoms with Crippen LogP contribution in [0.4, 0.5) is 0 Å². The summed E-state index contributed by atoms with van der Waals surface area (Å²) in [6.07, 6.45) is 1.03. The van der Waals surface area contributed by atoms with Crippen LogP contribution in [0.5, 0.6) is 0 Å². The van der Waals surface area contributed by atoms with Crippen molar-refractivity contribution in [1.82, 2.24) is 0 Å².